The quantitative estimate of drug-likeness (QED) is 0.228. The first-order chi connectivity index (χ1) is 23.3. The topological polar surface area (TPSA) is 79.8 Å². The molecule has 0 saturated carbocycles. The third kappa shape index (κ3) is 8.48. The molecule has 0 aliphatic carbocycles. The van der Waals surface area contributed by atoms with Crippen LogP contribution in [-0.4, -0.2) is 38.2 Å². The van der Waals surface area contributed by atoms with Crippen molar-refractivity contribution in [1.29, 1.82) is 10.5 Å². The lowest BCUT2D eigenvalue weighted by Gasteiger charge is -2.11. The maximum atomic E-state index is 9.52. The first kappa shape index (κ1) is 32.2. The van der Waals surface area contributed by atoms with Crippen molar-refractivity contribution in [2.45, 2.75) is 0 Å². The summed E-state index contributed by atoms with van der Waals surface area (Å²) in [5.74, 6) is 24.8. The molecule has 0 N–H and O–H groups in total. The van der Waals surface area contributed by atoms with Crippen molar-refractivity contribution in [1.82, 2.24) is 9.97 Å². The van der Waals surface area contributed by atoms with E-state index in [-0.39, 0.29) is 22.8 Å². The van der Waals surface area contributed by atoms with Crippen molar-refractivity contribution in [3.63, 3.8) is 0 Å². The van der Waals surface area contributed by atoms with Gasteiger partial charge < -0.3 is 9.80 Å². The summed E-state index contributed by atoms with van der Waals surface area (Å²) in [7, 11) is 8.00. The zero-order chi connectivity index (χ0) is 33.9. The number of aromatic nitrogens is 2. The van der Waals surface area contributed by atoms with Crippen LogP contribution in [0.4, 0.5) is 11.4 Å². The van der Waals surface area contributed by atoms with Crippen molar-refractivity contribution < 1.29 is 0 Å². The molecule has 0 amide bonds. The van der Waals surface area contributed by atoms with Crippen LogP contribution in [0.3, 0.4) is 0 Å². The molecule has 0 aliphatic heterocycles. The van der Waals surface area contributed by atoms with Crippen LogP contribution in [0, 0.1) is 70.0 Å². The Morgan fingerprint density at radius 2 is 0.583 bits per heavy atom. The van der Waals surface area contributed by atoms with Gasteiger partial charge in [-0.1, -0.05) is 35.5 Å². The molecule has 0 fully saturated rings. The van der Waals surface area contributed by atoms with E-state index in [9.17, 15) is 10.5 Å². The molecule has 0 spiro atoms. The number of hydrogen-bond donors (Lipinski definition) is 0. The molecule has 4 aromatic carbocycles. The van der Waals surface area contributed by atoms with Crippen LogP contribution < -0.4 is 9.80 Å². The molecule has 0 radical (unpaired) electrons. The summed E-state index contributed by atoms with van der Waals surface area (Å²) < 4.78 is 0. The van der Waals surface area contributed by atoms with Crippen LogP contribution in [-0.2, 0) is 0 Å². The summed E-state index contributed by atoms with van der Waals surface area (Å²) in [4.78, 5) is 12.7. The summed E-state index contributed by atoms with van der Waals surface area (Å²) in [6, 6.07) is 35.0. The van der Waals surface area contributed by atoms with Gasteiger partial charge in [-0.3, -0.25) is 0 Å². The molecule has 0 aliphatic rings. The maximum Gasteiger partial charge on any atom is 0.178 e. The van der Waals surface area contributed by atoms with Gasteiger partial charge in [0.25, 0.3) is 0 Å². The SMILES string of the molecule is CN(C)c1ccc(C#Cc2ccc(C#Cc3nc(C#N)c(C#N)nc3C#Cc3ccc(C#Cc4ccc(N(C)C)cc4)cc3)cc2)cc1. The Bertz CT molecular complexity index is 2120. The first-order valence-electron chi connectivity index (χ1n) is 14.9. The van der Waals surface area contributed by atoms with Crippen LogP contribution in [0.5, 0.6) is 0 Å². The normalized spacial score (nSPS) is 9.38. The molecule has 6 heteroatoms. The first-order valence-corrected chi connectivity index (χ1v) is 14.9. The molecule has 6 nitrogen and oxygen atoms in total. The number of nitrogens with zero attached hydrogens (tertiary/aromatic N) is 6. The standard InChI is InChI=1S/C42H28N6/c1-47(2)37-23-17-35(18-24-37)15-9-31-5-11-33(12-6-31)21-27-39-40(46-42(30-44)41(29-43)45-39)28-22-34-13-7-32(8-14-34)10-16-36-19-25-38(26-20-36)48(3)4/h5-8,11-14,17-20,23-26H,1-4H3. The molecule has 5 aromatic rings. The highest BCUT2D eigenvalue weighted by Crippen LogP contribution is 2.14. The molecule has 0 unspecified atom stereocenters. The highest BCUT2D eigenvalue weighted by molar-refractivity contribution is 5.55. The third-order valence-electron chi connectivity index (χ3n) is 7.00. The average Bonchev–Trinajstić information content (AvgIpc) is 3.12. The predicted octanol–water partition coefficient (Wildman–Crippen LogP) is 5.95. The predicted molar refractivity (Wildman–Crippen MR) is 190 cm³/mol. The summed E-state index contributed by atoms with van der Waals surface area (Å²) >= 11 is 0. The van der Waals surface area contributed by atoms with E-state index in [0.29, 0.717) is 0 Å². The fraction of sp³-hybridized carbons (Fsp3) is 0.0952. The minimum Gasteiger partial charge on any atom is -0.378 e. The van der Waals surface area contributed by atoms with Gasteiger partial charge >= 0.3 is 0 Å². The Kier molecular flexibility index (Phi) is 10.2. The van der Waals surface area contributed by atoms with Crippen LogP contribution in [0.15, 0.2) is 97.1 Å². The number of hydrogen-bond acceptors (Lipinski definition) is 6. The Morgan fingerprint density at radius 3 is 0.812 bits per heavy atom. The van der Waals surface area contributed by atoms with Gasteiger partial charge in [0.05, 0.1) is 0 Å². The van der Waals surface area contributed by atoms with Crippen molar-refractivity contribution >= 4 is 11.4 Å². The molecule has 226 valence electrons. The fourth-order valence-electron chi connectivity index (χ4n) is 4.28. The number of benzene rings is 4. The van der Waals surface area contributed by atoms with E-state index in [1.807, 2.05) is 147 Å². The lowest BCUT2D eigenvalue weighted by Crippen LogP contribution is -2.07. The van der Waals surface area contributed by atoms with Crippen molar-refractivity contribution in [3.05, 3.63) is 153 Å². The molecule has 1 heterocycles. The summed E-state index contributed by atoms with van der Waals surface area (Å²) in [5.41, 5.74) is 7.47. The van der Waals surface area contributed by atoms with Crippen LogP contribution >= 0.6 is 0 Å². The number of nitriles is 2. The van der Waals surface area contributed by atoms with Gasteiger partial charge in [0.2, 0.25) is 0 Å². The third-order valence-corrected chi connectivity index (χ3v) is 7.00. The Morgan fingerprint density at radius 1 is 0.354 bits per heavy atom. The molecule has 0 saturated heterocycles. The largest absolute Gasteiger partial charge is 0.378 e. The van der Waals surface area contributed by atoms with Crippen LogP contribution in [0.1, 0.15) is 56.2 Å². The highest BCUT2D eigenvalue weighted by Gasteiger charge is 2.11. The summed E-state index contributed by atoms with van der Waals surface area (Å²) in [5, 5.41) is 19.0. The monoisotopic (exact) mass is 616 g/mol. The lowest BCUT2D eigenvalue weighted by atomic mass is 10.1. The van der Waals surface area contributed by atoms with E-state index in [0.717, 1.165) is 44.8 Å². The molecular formula is C42H28N6. The van der Waals surface area contributed by atoms with E-state index in [1.54, 1.807) is 0 Å². The minimum absolute atomic E-state index is 0.101. The van der Waals surface area contributed by atoms with E-state index in [1.165, 1.54) is 0 Å². The van der Waals surface area contributed by atoms with Gasteiger partial charge in [-0.2, -0.15) is 10.5 Å². The minimum atomic E-state index is -0.101. The van der Waals surface area contributed by atoms with Gasteiger partial charge in [-0.15, -0.1) is 0 Å². The average molecular weight is 617 g/mol. The van der Waals surface area contributed by atoms with Crippen molar-refractivity contribution in [2.75, 3.05) is 38.0 Å². The molecule has 1 aromatic heterocycles. The fourth-order valence-corrected chi connectivity index (χ4v) is 4.28. The second-order valence-electron chi connectivity index (χ2n) is 10.9. The van der Waals surface area contributed by atoms with Crippen molar-refractivity contribution in [2.24, 2.45) is 0 Å². The van der Waals surface area contributed by atoms with Crippen LogP contribution in [0.2, 0.25) is 0 Å². The number of rotatable bonds is 2. The molecule has 48 heavy (non-hydrogen) atoms. The maximum absolute atomic E-state index is 9.52. The molecule has 0 bridgehead atoms. The highest BCUT2D eigenvalue weighted by atomic mass is 15.1. The van der Waals surface area contributed by atoms with Crippen molar-refractivity contribution in [3.8, 4) is 59.5 Å². The lowest BCUT2D eigenvalue weighted by molar-refractivity contribution is 1.09. The molecule has 5 rings (SSSR count). The zero-order valence-corrected chi connectivity index (χ0v) is 26.9. The zero-order valence-electron chi connectivity index (χ0n) is 26.9. The van der Waals surface area contributed by atoms with Gasteiger partial charge in [-0.25, -0.2) is 9.97 Å². The Balaban J connectivity index is 1.34. The van der Waals surface area contributed by atoms with E-state index in [2.05, 4.69) is 57.3 Å². The Hall–Kier alpha value is -7.22. The van der Waals surface area contributed by atoms with Crippen LogP contribution in [0.25, 0.3) is 0 Å². The Labute approximate surface area is 282 Å². The van der Waals surface area contributed by atoms with E-state index in [4.69, 9.17) is 0 Å². The van der Waals surface area contributed by atoms with E-state index >= 15 is 0 Å². The van der Waals surface area contributed by atoms with Gasteiger partial charge in [-0.05, 0) is 109 Å². The smallest absolute Gasteiger partial charge is 0.178 e. The van der Waals surface area contributed by atoms with Gasteiger partial charge in [0.1, 0.15) is 23.5 Å². The van der Waals surface area contributed by atoms with E-state index < -0.39 is 0 Å². The summed E-state index contributed by atoms with van der Waals surface area (Å²) in [6.45, 7) is 0. The van der Waals surface area contributed by atoms with Gasteiger partial charge in [0, 0.05) is 72.9 Å². The second-order valence-corrected chi connectivity index (χ2v) is 10.9. The molecular weight excluding hydrogens is 589 g/mol. The van der Waals surface area contributed by atoms with Gasteiger partial charge in [0.15, 0.2) is 11.4 Å². The molecule has 0 atom stereocenters. The second kappa shape index (κ2) is 15.2. The summed E-state index contributed by atoms with van der Waals surface area (Å²) in [6.07, 6.45) is 0. The number of anilines is 2.